The summed E-state index contributed by atoms with van der Waals surface area (Å²) in [7, 11) is 0. The molecule has 83 valence electrons. The molecule has 3 radical (unpaired) electrons. The van der Waals surface area contributed by atoms with Gasteiger partial charge in [0.1, 0.15) is 0 Å². The van der Waals surface area contributed by atoms with Crippen molar-refractivity contribution in [2.75, 3.05) is 0 Å². The van der Waals surface area contributed by atoms with Crippen molar-refractivity contribution in [1.82, 2.24) is 0 Å². The van der Waals surface area contributed by atoms with Crippen LogP contribution in [-0.4, -0.2) is 22.5 Å². The molecule has 0 aliphatic rings. The van der Waals surface area contributed by atoms with E-state index in [1.807, 2.05) is 0 Å². The Morgan fingerprint density at radius 1 is 0.625 bits per heavy atom. The molecule has 2 rings (SSSR count). The summed E-state index contributed by atoms with van der Waals surface area (Å²) in [6, 6.07) is 21.4. The molecule has 0 aromatic heterocycles. The first-order valence-corrected chi connectivity index (χ1v) is 6.34. The molecule has 16 heavy (non-hydrogen) atoms. The molecule has 0 saturated carbocycles. The summed E-state index contributed by atoms with van der Waals surface area (Å²) in [4.78, 5) is 0. The summed E-state index contributed by atoms with van der Waals surface area (Å²) >= 11 is 1.54. The summed E-state index contributed by atoms with van der Waals surface area (Å²) in [6.45, 7) is 0. The number of rotatable bonds is 2. The molecule has 3 heteroatoms. The Morgan fingerprint density at radius 2 is 0.938 bits per heavy atom. The fraction of sp³-hybridized carbons (Fsp3) is 0.0769. The van der Waals surface area contributed by atoms with Crippen LogP contribution in [0.3, 0.4) is 0 Å². The van der Waals surface area contributed by atoms with Crippen molar-refractivity contribution >= 4 is 47.3 Å². The van der Waals surface area contributed by atoms with Gasteiger partial charge in [0.25, 0.3) is 0 Å². The Morgan fingerprint density at radius 3 is 1.25 bits per heavy atom. The zero-order chi connectivity index (χ0) is 9.80. The normalized spacial score (nSPS) is 9.12. The van der Waals surface area contributed by atoms with Gasteiger partial charge in [-0.15, -0.1) is 24.8 Å². The second kappa shape index (κ2) is 7.99. The molecule has 0 nitrogen and oxygen atoms in total. The van der Waals surface area contributed by atoms with Crippen LogP contribution in [0.15, 0.2) is 60.7 Å². The third-order valence-electron chi connectivity index (χ3n) is 2.27. The molecule has 0 aliphatic carbocycles. The Bertz CT molecular complexity index is 350. The second-order valence-electron chi connectivity index (χ2n) is 3.25. The van der Waals surface area contributed by atoms with Gasteiger partial charge in [-0.1, -0.05) is 0 Å². The minimum atomic E-state index is 0. The van der Waals surface area contributed by atoms with Crippen molar-refractivity contribution in [2.24, 2.45) is 0 Å². The van der Waals surface area contributed by atoms with Crippen LogP contribution in [0.4, 0.5) is 0 Å². The SMILES string of the molecule is Cl.Cl.[Sn][CH](c1ccccc1)c1ccccc1. The predicted octanol–water partition coefficient (Wildman–Crippen LogP) is 3.79. The maximum absolute atomic E-state index is 2.20. The first-order valence-electron chi connectivity index (χ1n) is 4.69. The molecule has 0 N–H and O–H groups in total. The molecule has 0 fully saturated rings. The van der Waals surface area contributed by atoms with Crippen LogP contribution in [0, 0.1) is 0 Å². The van der Waals surface area contributed by atoms with E-state index in [1.54, 1.807) is 22.5 Å². The average molecular weight is 359 g/mol. The Labute approximate surface area is 122 Å². The quantitative estimate of drug-likeness (QED) is 0.716. The summed E-state index contributed by atoms with van der Waals surface area (Å²) < 4.78 is 0.574. The standard InChI is InChI=1S/C13H11.2ClH.Sn/c1-3-7-12(8-4-1)11-13-9-5-2-6-10-13;;;/h1-11H;2*1H;. The van der Waals surface area contributed by atoms with E-state index >= 15 is 0 Å². The zero-order valence-corrected chi connectivity index (χ0v) is 13.2. The van der Waals surface area contributed by atoms with E-state index in [0.717, 1.165) is 0 Å². The van der Waals surface area contributed by atoms with Crippen LogP contribution in [0.1, 0.15) is 15.1 Å². The van der Waals surface area contributed by atoms with Gasteiger partial charge < -0.3 is 0 Å². The van der Waals surface area contributed by atoms with Gasteiger partial charge in [0, 0.05) is 0 Å². The van der Waals surface area contributed by atoms with Crippen molar-refractivity contribution in [3.05, 3.63) is 71.8 Å². The number of hydrogen-bond acceptors (Lipinski definition) is 0. The van der Waals surface area contributed by atoms with Gasteiger partial charge in [0.15, 0.2) is 0 Å². The van der Waals surface area contributed by atoms with E-state index in [-0.39, 0.29) is 24.8 Å². The zero-order valence-electron chi connectivity index (χ0n) is 8.67. The van der Waals surface area contributed by atoms with E-state index in [4.69, 9.17) is 0 Å². The van der Waals surface area contributed by atoms with E-state index in [1.165, 1.54) is 11.1 Å². The molecule has 0 amide bonds. The van der Waals surface area contributed by atoms with Crippen LogP contribution < -0.4 is 0 Å². The summed E-state index contributed by atoms with van der Waals surface area (Å²) in [5, 5.41) is 0. The molecule has 0 unspecified atom stereocenters. The van der Waals surface area contributed by atoms with Gasteiger partial charge in [-0.3, -0.25) is 0 Å². The van der Waals surface area contributed by atoms with Crippen molar-refractivity contribution in [3.63, 3.8) is 0 Å². The van der Waals surface area contributed by atoms with Crippen LogP contribution in [0.25, 0.3) is 0 Å². The first-order chi connectivity index (χ1) is 6.88. The molecule has 0 spiro atoms. The Balaban J connectivity index is 0.00000112. The van der Waals surface area contributed by atoms with E-state index in [9.17, 15) is 0 Å². The number of halogens is 2. The molecular weight excluding hydrogens is 346 g/mol. The van der Waals surface area contributed by atoms with Gasteiger partial charge in [-0.25, -0.2) is 0 Å². The summed E-state index contributed by atoms with van der Waals surface area (Å²) in [5.74, 6) is 0. The number of hydrogen-bond donors (Lipinski definition) is 0. The van der Waals surface area contributed by atoms with Crippen molar-refractivity contribution in [3.8, 4) is 0 Å². The number of benzene rings is 2. The third kappa shape index (κ3) is 4.00. The van der Waals surface area contributed by atoms with Crippen LogP contribution >= 0.6 is 24.8 Å². The van der Waals surface area contributed by atoms with Crippen molar-refractivity contribution < 1.29 is 0 Å². The van der Waals surface area contributed by atoms with Gasteiger partial charge in [-0.05, 0) is 0 Å². The Hall–Kier alpha value is -0.181. The maximum atomic E-state index is 2.20. The van der Waals surface area contributed by atoms with Crippen LogP contribution in [-0.2, 0) is 0 Å². The summed E-state index contributed by atoms with van der Waals surface area (Å²) in [5.41, 5.74) is 2.83. The van der Waals surface area contributed by atoms with E-state index < -0.39 is 0 Å². The van der Waals surface area contributed by atoms with E-state index in [0.29, 0.717) is 3.93 Å². The minimum absolute atomic E-state index is 0. The summed E-state index contributed by atoms with van der Waals surface area (Å²) in [6.07, 6.45) is 0. The molecule has 0 atom stereocenters. The third-order valence-corrected chi connectivity index (χ3v) is 4.17. The molecule has 0 saturated heterocycles. The van der Waals surface area contributed by atoms with Gasteiger partial charge >= 0.3 is 98.2 Å². The predicted molar refractivity (Wildman–Crippen MR) is 75.0 cm³/mol. The van der Waals surface area contributed by atoms with Crippen molar-refractivity contribution in [1.29, 1.82) is 0 Å². The van der Waals surface area contributed by atoms with E-state index in [2.05, 4.69) is 60.7 Å². The molecule has 0 heterocycles. The van der Waals surface area contributed by atoms with Crippen molar-refractivity contribution in [2.45, 2.75) is 3.93 Å². The fourth-order valence-corrected chi connectivity index (χ4v) is 2.58. The van der Waals surface area contributed by atoms with Gasteiger partial charge in [0.05, 0.1) is 0 Å². The second-order valence-corrected chi connectivity index (χ2v) is 4.90. The van der Waals surface area contributed by atoms with Gasteiger partial charge in [0.2, 0.25) is 0 Å². The molecule has 0 bridgehead atoms. The monoisotopic (exact) mass is 359 g/mol. The fourth-order valence-electron chi connectivity index (χ4n) is 1.48. The molecule has 2 aromatic rings. The molecule has 0 aliphatic heterocycles. The average Bonchev–Trinajstić information content (AvgIpc) is 2.30. The topological polar surface area (TPSA) is 0 Å². The van der Waals surface area contributed by atoms with Crippen LogP contribution in [0.5, 0.6) is 0 Å². The molecule has 2 aromatic carbocycles. The Kier molecular flexibility index (Phi) is 7.90. The van der Waals surface area contributed by atoms with Crippen LogP contribution in [0.2, 0.25) is 0 Å². The molecular formula is C13H13Cl2Sn. The van der Waals surface area contributed by atoms with Gasteiger partial charge in [-0.2, -0.15) is 0 Å². The first kappa shape index (κ1) is 15.8.